The number of carbonyl (C=O) groups excluding carboxylic acids is 2. The molecule has 2 unspecified atom stereocenters. The van der Waals surface area contributed by atoms with E-state index in [1.807, 2.05) is 0 Å². The maximum atomic E-state index is 12.7. The van der Waals surface area contributed by atoms with Crippen LogP contribution in [0, 0.1) is 10.8 Å². The Bertz CT molecular complexity index is 578. The molecule has 0 aromatic heterocycles. The molecule has 0 saturated heterocycles. The third kappa shape index (κ3) is 16.2. The Balaban J connectivity index is 2.31. The average Bonchev–Trinajstić information content (AvgIpc) is 2.75. The molecule has 0 bridgehead atoms. The van der Waals surface area contributed by atoms with E-state index in [4.69, 9.17) is 4.74 Å². The van der Waals surface area contributed by atoms with Crippen LogP contribution in [0.1, 0.15) is 150 Å². The van der Waals surface area contributed by atoms with E-state index >= 15 is 0 Å². The molecule has 0 aliphatic heterocycles. The van der Waals surface area contributed by atoms with Crippen LogP contribution in [0.3, 0.4) is 0 Å². The SMILES string of the molecule is CCCCCCCCCNC(=O)CC1(C)CC(NC(=O)OCCCCCCCCC)CC(C)(C)C1. The van der Waals surface area contributed by atoms with Crippen LogP contribution >= 0.6 is 0 Å². The van der Waals surface area contributed by atoms with Gasteiger partial charge in [-0.15, -0.1) is 0 Å². The fourth-order valence-corrected chi connectivity index (χ4v) is 6.06. The van der Waals surface area contributed by atoms with Gasteiger partial charge in [-0.05, 0) is 42.9 Å². The summed E-state index contributed by atoms with van der Waals surface area (Å²) in [6, 6.07) is 0.0567. The molecule has 2 atom stereocenters. The molecule has 1 fully saturated rings. The minimum atomic E-state index is -0.301. The van der Waals surface area contributed by atoms with Gasteiger partial charge >= 0.3 is 6.09 Å². The molecule has 2 amide bonds. The number of ether oxygens (including phenoxy) is 1. The van der Waals surface area contributed by atoms with Crippen molar-refractivity contribution in [3.8, 4) is 0 Å². The fraction of sp³-hybridized carbons (Fsp3) is 0.933. The number of rotatable bonds is 19. The zero-order valence-electron chi connectivity index (χ0n) is 23.9. The van der Waals surface area contributed by atoms with Crippen molar-refractivity contribution in [1.82, 2.24) is 10.6 Å². The summed E-state index contributed by atoms with van der Waals surface area (Å²) in [7, 11) is 0. The van der Waals surface area contributed by atoms with Crippen molar-refractivity contribution in [2.75, 3.05) is 13.2 Å². The molecule has 2 N–H and O–H groups in total. The van der Waals surface area contributed by atoms with Gasteiger partial charge < -0.3 is 15.4 Å². The van der Waals surface area contributed by atoms with Crippen LogP contribution in [-0.4, -0.2) is 31.2 Å². The first kappa shape index (κ1) is 31.8. The summed E-state index contributed by atoms with van der Waals surface area (Å²) in [5.74, 6) is 0.149. The van der Waals surface area contributed by atoms with Crippen molar-refractivity contribution in [3.05, 3.63) is 0 Å². The van der Waals surface area contributed by atoms with Gasteiger partial charge in [-0.25, -0.2) is 4.79 Å². The monoisotopic (exact) mass is 494 g/mol. The largest absolute Gasteiger partial charge is 0.450 e. The van der Waals surface area contributed by atoms with Crippen LogP contribution in [-0.2, 0) is 9.53 Å². The smallest absolute Gasteiger partial charge is 0.407 e. The molecule has 0 heterocycles. The molecule has 0 aromatic carbocycles. The third-order valence-electron chi connectivity index (χ3n) is 7.44. The molecule has 1 rings (SSSR count). The standard InChI is InChI=1S/C30H58N2O3/c1-6-8-10-12-14-16-18-20-31-27(33)24-30(5)23-26(22-29(3,4)25-30)32-28(34)35-21-19-17-15-13-11-9-7-2/h26H,6-25H2,1-5H3,(H,31,33)(H,32,34). The predicted octanol–water partition coefficient (Wildman–Crippen LogP) is 8.31. The number of alkyl carbamates (subject to hydrolysis) is 1. The normalized spacial score (nSPS) is 21.5. The van der Waals surface area contributed by atoms with E-state index in [2.05, 4.69) is 45.3 Å². The summed E-state index contributed by atoms with van der Waals surface area (Å²) >= 11 is 0. The van der Waals surface area contributed by atoms with Crippen LogP contribution in [0.15, 0.2) is 0 Å². The van der Waals surface area contributed by atoms with Crippen LogP contribution in [0.4, 0.5) is 4.79 Å². The fourth-order valence-electron chi connectivity index (χ4n) is 6.06. The summed E-state index contributed by atoms with van der Waals surface area (Å²) in [5.41, 5.74) is -0.0232. The van der Waals surface area contributed by atoms with Gasteiger partial charge in [-0.1, -0.05) is 112 Å². The number of nitrogens with one attached hydrogen (secondary N) is 2. The maximum Gasteiger partial charge on any atom is 0.407 e. The first-order valence-corrected chi connectivity index (χ1v) is 14.9. The Morgan fingerprint density at radius 2 is 1.31 bits per heavy atom. The maximum absolute atomic E-state index is 12.7. The van der Waals surface area contributed by atoms with Gasteiger partial charge in [0.2, 0.25) is 5.91 Å². The Kier molecular flexibility index (Phi) is 16.4. The quantitative estimate of drug-likeness (QED) is 0.177. The molecular weight excluding hydrogens is 436 g/mol. The zero-order chi connectivity index (χ0) is 26.0. The third-order valence-corrected chi connectivity index (χ3v) is 7.44. The van der Waals surface area contributed by atoms with E-state index in [0.717, 1.165) is 45.1 Å². The van der Waals surface area contributed by atoms with Crippen molar-refractivity contribution < 1.29 is 14.3 Å². The van der Waals surface area contributed by atoms with Gasteiger partial charge in [-0.3, -0.25) is 4.79 Å². The number of carbonyl (C=O) groups is 2. The second-order valence-electron chi connectivity index (χ2n) is 12.3. The van der Waals surface area contributed by atoms with E-state index in [0.29, 0.717) is 13.0 Å². The topological polar surface area (TPSA) is 67.4 Å². The number of hydrogen-bond acceptors (Lipinski definition) is 3. The highest BCUT2D eigenvalue weighted by molar-refractivity contribution is 5.76. The highest BCUT2D eigenvalue weighted by Gasteiger charge is 2.42. The van der Waals surface area contributed by atoms with Gasteiger partial charge in [-0.2, -0.15) is 0 Å². The van der Waals surface area contributed by atoms with E-state index in [-0.39, 0.29) is 28.9 Å². The highest BCUT2D eigenvalue weighted by atomic mass is 16.5. The van der Waals surface area contributed by atoms with Crippen LogP contribution < -0.4 is 10.6 Å². The van der Waals surface area contributed by atoms with E-state index < -0.39 is 0 Å². The summed E-state index contributed by atoms with van der Waals surface area (Å²) in [6.07, 6.45) is 20.2. The van der Waals surface area contributed by atoms with Crippen LogP contribution in [0.25, 0.3) is 0 Å². The van der Waals surface area contributed by atoms with Crippen molar-refractivity contribution in [3.63, 3.8) is 0 Å². The molecule has 206 valence electrons. The van der Waals surface area contributed by atoms with Crippen molar-refractivity contribution in [1.29, 1.82) is 0 Å². The summed E-state index contributed by atoms with van der Waals surface area (Å²) < 4.78 is 5.47. The lowest BCUT2D eigenvalue weighted by Gasteiger charge is -2.46. The second kappa shape index (κ2) is 18.1. The minimum Gasteiger partial charge on any atom is -0.450 e. The van der Waals surface area contributed by atoms with Gasteiger partial charge in [0.15, 0.2) is 0 Å². The van der Waals surface area contributed by atoms with Gasteiger partial charge in [0, 0.05) is 19.0 Å². The van der Waals surface area contributed by atoms with E-state index in [1.165, 1.54) is 70.6 Å². The summed E-state index contributed by atoms with van der Waals surface area (Å²) in [5, 5.41) is 6.25. The first-order valence-electron chi connectivity index (χ1n) is 14.9. The molecule has 1 aliphatic carbocycles. The van der Waals surface area contributed by atoms with Crippen molar-refractivity contribution in [2.45, 2.75) is 156 Å². The Morgan fingerprint density at radius 3 is 1.91 bits per heavy atom. The highest BCUT2D eigenvalue weighted by Crippen LogP contribution is 2.48. The number of amides is 2. The number of hydrogen-bond donors (Lipinski definition) is 2. The second-order valence-corrected chi connectivity index (χ2v) is 12.3. The molecule has 0 aromatic rings. The van der Waals surface area contributed by atoms with Crippen molar-refractivity contribution in [2.24, 2.45) is 10.8 Å². The van der Waals surface area contributed by atoms with E-state index in [1.54, 1.807) is 0 Å². The summed E-state index contributed by atoms with van der Waals surface area (Å²) in [6.45, 7) is 12.5. The molecule has 0 radical (unpaired) electrons. The molecule has 5 nitrogen and oxygen atoms in total. The van der Waals surface area contributed by atoms with Gasteiger partial charge in [0.1, 0.15) is 0 Å². The Labute approximate surface area is 217 Å². The zero-order valence-corrected chi connectivity index (χ0v) is 23.9. The Morgan fingerprint density at radius 1 is 0.771 bits per heavy atom. The lowest BCUT2D eigenvalue weighted by atomic mass is 9.61. The van der Waals surface area contributed by atoms with Gasteiger partial charge in [0.25, 0.3) is 0 Å². The molecule has 1 saturated carbocycles. The average molecular weight is 495 g/mol. The van der Waals surface area contributed by atoms with Gasteiger partial charge in [0.05, 0.1) is 6.61 Å². The summed E-state index contributed by atoms with van der Waals surface area (Å²) in [4.78, 5) is 25.1. The molecule has 35 heavy (non-hydrogen) atoms. The minimum absolute atomic E-state index is 0.0567. The molecule has 1 aliphatic rings. The van der Waals surface area contributed by atoms with Crippen LogP contribution in [0.2, 0.25) is 0 Å². The molecule has 5 heteroatoms. The van der Waals surface area contributed by atoms with Crippen LogP contribution in [0.5, 0.6) is 0 Å². The Hall–Kier alpha value is -1.26. The molecule has 0 spiro atoms. The first-order chi connectivity index (χ1) is 16.7. The van der Waals surface area contributed by atoms with E-state index in [9.17, 15) is 9.59 Å². The number of unbranched alkanes of at least 4 members (excludes halogenated alkanes) is 12. The lowest BCUT2D eigenvalue weighted by Crippen LogP contribution is -2.48. The molecular formula is C30H58N2O3. The lowest BCUT2D eigenvalue weighted by molar-refractivity contribution is -0.124. The van der Waals surface area contributed by atoms with Crippen molar-refractivity contribution >= 4 is 12.0 Å². The predicted molar refractivity (Wildman–Crippen MR) is 148 cm³/mol.